The summed E-state index contributed by atoms with van der Waals surface area (Å²) in [7, 11) is 0. The standard InChI is InChI=1S/C23H23FN4O3/c1-2-22(30)26-9-11-27(12-10-26)23(31)18-13-16(7-8-19(18)24)15-28-20-6-4-3-5-17(20)21(29)14-25-28/h3-8,13-14H,2,9-12,15H2,1H3. The maximum atomic E-state index is 14.5. The molecule has 1 saturated heterocycles. The highest BCUT2D eigenvalue weighted by Crippen LogP contribution is 2.17. The van der Waals surface area contributed by atoms with Crippen LogP contribution < -0.4 is 5.43 Å². The molecule has 0 saturated carbocycles. The van der Waals surface area contributed by atoms with Gasteiger partial charge in [0.1, 0.15) is 5.82 Å². The Morgan fingerprint density at radius 2 is 1.74 bits per heavy atom. The fourth-order valence-corrected chi connectivity index (χ4v) is 3.85. The third-order valence-corrected chi connectivity index (χ3v) is 5.58. The molecule has 7 nitrogen and oxygen atoms in total. The zero-order valence-electron chi connectivity index (χ0n) is 17.3. The predicted octanol–water partition coefficient (Wildman–Crippen LogP) is 2.28. The molecule has 0 aliphatic carbocycles. The fourth-order valence-electron chi connectivity index (χ4n) is 3.85. The third-order valence-electron chi connectivity index (χ3n) is 5.58. The Morgan fingerprint density at radius 1 is 1.03 bits per heavy atom. The van der Waals surface area contributed by atoms with E-state index >= 15 is 0 Å². The van der Waals surface area contributed by atoms with Crippen LogP contribution in [0, 0.1) is 5.82 Å². The third kappa shape index (κ3) is 4.19. The van der Waals surface area contributed by atoms with E-state index in [1.165, 1.54) is 18.3 Å². The van der Waals surface area contributed by atoms with E-state index in [9.17, 15) is 18.8 Å². The molecule has 1 aromatic heterocycles. The molecule has 3 aromatic rings. The van der Waals surface area contributed by atoms with Crippen molar-refractivity contribution in [3.05, 3.63) is 75.8 Å². The molecule has 4 rings (SSSR count). The summed E-state index contributed by atoms with van der Waals surface area (Å²) in [5.74, 6) is -0.916. The average Bonchev–Trinajstić information content (AvgIpc) is 2.81. The van der Waals surface area contributed by atoms with Gasteiger partial charge in [0.15, 0.2) is 0 Å². The van der Waals surface area contributed by atoms with Gasteiger partial charge in [-0.15, -0.1) is 0 Å². The number of rotatable bonds is 4. The average molecular weight is 422 g/mol. The van der Waals surface area contributed by atoms with Gasteiger partial charge in [-0.2, -0.15) is 5.10 Å². The normalized spacial score (nSPS) is 14.1. The zero-order chi connectivity index (χ0) is 22.0. The van der Waals surface area contributed by atoms with Crippen LogP contribution in [0.4, 0.5) is 4.39 Å². The van der Waals surface area contributed by atoms with Crippen LogP contribution in [0.5, 0.6) is 0 Å². The Hall–Kier alpha value is -3.55. The number of aromatic nitrogens is 2. The summed E-state index contributed by atoms with van der Waals surface area (Å²) in [4.78, 5) is 40.1. The lowest BCUT2D eigenvalue weighted by Crippen LogP contribution is -2.50. The topological polar surface area (TPSA) is 75.5 Å². The number of nitrogens with zero attached hydrogens (tertiary/aromatic N) is 4. The Morgan fingerprint density at radius 3 is 2.48 bits per heavy atom. The lowest BCUT2D eigenvalue weighted by atomic mass is 10.1. The predicted molar refractivity (Wildman–Crippen MR) is 114 cm³/mol. The molecule has 1 aliphatic heterocycles. The van der Waals surface area contributed by atoms with Gasteiger partial charge in [-0.05, 0) is 29.8 Å². The zero-order valence-corrected chi connectivity index (χ0v) is 17.3. The molecule has 1 aliphatic rings. The molecule has 0 radical (unpaired) electrons. The highest BCUT2D eigenvalue weighted by Gasteiger charge is 2.26. The van der Waals surface area contributed by atoms with Crippen molar-refractivity contribution < 1.29 is 14.0 Å². The summed E-state index contributed by atoms with van der Waals surface area (Å²) in [6.07, 6.45) is 1.69. The highest BCUT2D eigenvalue weighted by atomic mass is 19.1. The molecular weight excluding hydrogens is 399 g/mol. The highest BCUT2D eigenvalue weighted by molar-refractivity contribution is 5.95. The lowest BCUT2D eigenvalue weighted by Gasteiger charge is -2.34. The number of para-hydroxylation sites is 1. The van der Waals surface area contributed by atoms with Crippen LogP contribution in [0.3, 0.4) is 0 Å². The van der Waals surface area contributed by atoms with Gasteiger partial charge in [-0.1, -0.05) is 25.1 Å². The number of hydrogen-bond donors (Lipinski definition) is 0. The summed E-state index contributed by atoms with van der Waals surface area (Å²) in [5, 5.41) is 4.75. The van der Waals surface area contributed by atoms with Gasteiger partial charge >= 0.3 is 0 Å². The molecule has 8 heteroatoms. The first-order valence-electron chi connectivity index (χ1n) is 10.3. The number of hydrogen-bond acceptors (Lipinski definition) is 4. The van der Waals surface area contributed by atoms with Crippen LogP contribution in [0.15, 0.2) is 53.5 Å². The summed E-state index contributed by atoms with van der Waals surface area (Å²) in [6, 6.07) is 11.6. The van der Waals surface area contributed by atoms with Gasteiger partial charge < -0.3 is 9.80 Å². The first-order valence-corrected chi connectivity index (χ1v) is 10.3. The summed E-state index contributed by atoms with van der Waals surface area (Å²) >= 11 is 0. The van der Waals surface area contributed by atoms with Crippen LogP contribution in [-0.2, 0) is 11.3 Å². The van der Waals surface area contributed by atoms with E-state index in [0.29, 0.717) is 55.6 Å². The number of benzene rings is 2. The molecule has 160 valence electrons. The summed E-state index contributed by atoms with van der Waals surface area (Å²) in [5.41, 5.74) is 1.20. The lowest BCUT2D eigenvalue weighted by molar-refractivity contribution is -0.132. The molecule has 31 heavy (non-hydrogen) atoms. The second kappa shape index (κ2) is 8.67. The maximum absolute atomic E-state index is 14.5. The van der Waals surface area contributed by atoms with Crippen LogP contribution in [0.25, 0.3) is 10.9 Å². The summed E-state index contributed by atoms with van der Waals surface area (Å²) in [6.45, 7) is 3.75. The van der Waals surface area contributed by atoms with E-state index < -0.39 is 5.82 Å². The second-order valence-electron chi connectivity index (χ2n) is 7.52. The van der Waals surface area contributed by atoms with Crippen molar-refractivity contribution in [2.75, 3.05) is 26.2 Å². The molecule has 2 amide bonds. The van der Waals surface area contributed by atoms with Crippen LogP contribution >= 0.6 is 0 Å². The molecule has 0 unspecified atom stereocenters. The van der Waals surface area contributed by atoms with E-state index in [1.54, 1.807) is 45.7 Å². The van der Waals surface area contributed by atoms with E-state index in [-0.39, 0.29) is 22.8 Å². The number of carbonyl (C=O) groups is 2. The maximum Gasteiger partial charge on any atom is 0.256 e. The van der Waals surface area contributed by atoms with Crippen molar-refractivity contribution in [2.45, 2.75) is 19.9 Å². The molecule has 2 aromatic carbocycles. The number of amides is 2. The SMILES string of the molecule is CCC(=O)N1CCN(C(=O)c2cc(Cn3ncc(=O)c4ccccc43)ccc2F)CC1. The van der Waals surface area contributed by atoms with E-state index in [1.807, 2.05) is 6.07 Å². The minimum absolute atomic E-state index is 0.00174. The van der Waals surface area contributed by atoms with Crippen molar-refractivity contribution in [3.63, 3.8) is 0 Å². The molecule has 2 heterocycles. The van der Waals surface area contributed by atoms with Gasteiger partial charge in [0.2, 0.25) is 11.3 Å². The molecule has 1 fully saturated rings. The van der Waals surface area contributed by atoms with Gasteiger partial charge in [0.25, 0.3) is 5.91 Å². The van der Waals surface area contributed by atoms with Crippen LogP contribution in [0.2, 0.25) is 0 Å². The molecule has 0 bridgehead atoms. The van der Waals surface area contributed by atoms with Gasteiger partial charge in [0.05, 0.1) is 23.8 Å². The van der Waals surface area contributed by atoms with Gasteiger partial charge in [0, 0.05) is 38.0 Å². The summed E-state index contributed by atoms with van der Waals surface area (Å²) < 4.78 is 16.2. The molecule has 0 spiro atoms. The second-order valence-corrected chi connectivity index (χ2v) is 7.52. The number of carbonyl (C=O) groups excluding carboxylic acids is 2. The minimum atomic E-state index is -0.585. The first-order chi connectivity index (χ1) is 15.0. The fraction of sp³-hybridized carbons (Fsp3) is 0.304. The minimum Gasteiger partial charge on any atom is -0.339 e. The molecule has 0 atom stereocenters. The van der Waals surface area contributed by atoms with Crippen molar-refractivity contribution >= 4 is 22.7 Å². The monoisotopic (exact) mass is 422 g/mol. The van der Waals surface area contributed by atoms with Crippen molar-refractivity contribution in [3.8, 4) is 0 Å². The van der Waals surface area contributed by atoms with E-state index in [4.69, 9.17) is 0 Å². The van der Waals surface area contributed by atoms with Gasteiger partial charge in [-0.3, -0.25) is 19.1 Å². The van der Waals surface area contributed by atoms with E-state index in [2.05, 4.69) is 5.10 Å². The Kier molecular flexibility index (Phi) is 5.79. The Bertz CT molecular complexity index is 1200. The largest absolute Gasteiger partial charge is 0.339 e. The number of fused-ring (bicyclic) bond motifs is 1. The quantitative estimate of drug-likeness (QED) is 0.647. The van der Waals surface area contributed by atoms with Crippen LogP contribution in [-0.4, -0.2) is 57.6 Å². The molecular formula is C23H23FN4O3. The van der Waals surface area contributed by atoms with Gasteiger partial charge in [-0.25, -0.2) is 4.39 Å². The Balaban J connectivity index is 1.56. The first kappa shape index (κ1) is 20.7. The van der Waals surface area contributed by atoms with Crippen LogP contribution in [0.1, 0.15) is 29.3 Å². The van der Waals surface area contributed by atoms with E-state index in [0.717, 1.165) is 0 Å². The number of piperazine rings is 1. The molecule has 0 N–H and O–H groups in total. The van der Waals surface area contributed by atoms with Crippen molar-refractivity contribution in [2.24, 2.45) is 0 Å². The smallest absolute Gasteiger partial charge is 0.256 e. The van der Waals surface area contributed by atoms with Crippen molar-refractivity contribution in [1.29, 1.82) is 0 Å². The van der Waals surface area contributed by atoms with Crippen molar-refractivity contribution in [1.82, 2.24) is 19.6 Å². The Labute approximate surface area is 178 Å². The number of halogens is 1.